The first-order chi connectivity index (χ1) is 40.8. The van der Waals surface area contributed by atoms with Crippen LogP contribution >= 0.6 is 0 Å². The average Bonchev–Trinajstić information content (AvgIpc) is 1.44. The van der Waals surface area contributed by atoms with Crippen LogP contribution in [0.15, 0.2) is 176 Å². The van der Waals surface area contributed by atoms with Gasteiger partial charge >= 0.3 is 0 Å². The molecule has 0 aliphatic carbocycles. The monoisotopic (exact) mass is 1120 g/mol. The number of hydrogen-bond acceptors (Lipinski definition) is 1. The van der Waals surface area contributed by atoms with E-state index in [2.05, 4.69) is 311 Å². The lowest BCUT2D eigenvalue weighted by Crippen LogP contribution is -2.16. The van der Waals surface area contributed by atoms with Crippen molar-refractivity contribution in [3.63, 3.8) is 0 Å². The summed E-state index contributed by atoms with van der Waals surface area (Å²) >= 11 is 0. The fourth-order valence-corrected chi connectivity index (χ4v) is 13.9. The predicted octanol–water partition coefficient (Wildman–Crippen LogP) is 22.0. The third-order valence-corrected chi connectivity index (χ3v) is 18.6. The molecule has 0 amide bonds. The van der Waals surface area contributed by atoms with Crippen LogP contribution in [-0.2, 0) is 21.7 Å². The van der Waals surface area contributed by atoms with Crippen LogP contribution in [0.5, 0.6) is 0 Å². The second-order valence-corrected chi connectivity index (χ2v) is 29.0. The molecule has 0 atom stereocenters. The Kier molecular flexibility index (Phi) is 12.1. The zero-order valence-electron chi connectivity index (χ0n) is 53.0. The maximum Gasteiger partial charge on any atom is 0.104 e. The van der Waals surface area contributed by atoms with E-state index in [4.69, 9.17) is 0 Å². The van der Waals surface area contributed by atoms with Crippen LogP contribution in [0.2, 0.25) is 0 Å². The van der Waals surface area contributed by atoms with Gasteiger partial charge in [-0.15, -0.1) is 0 Å². The van der Waals surface area contributed by atoms with Crippen molar-refractivity contribution in [1.82, 2.24) is 18.3 Å². The highest BCUT2D eigenvalue weighted by molar-refractivity contribution is 6.17. The van der Waals surface area contributed by atoms with Crippen LogP contribution in [0.3, 0.4) is 0 Å². The minimum Gasteiger partial charge on any atom is -0.306 e. The summed E-state index contributed by atoms with van der Waals surface area (Å²) in [7, 11) is 0. The molecule has 14 aromatic rings. The molecule has 0 N–H and O–H groups in total. The Morgan fingerprint density at radius 1 is 0.279 bits per heavy atom. The Balaban J connectivity index is 1.35. The fraction of sp³-hybridized carbons (Fsp3) is 0.247. The molecule has 5 nitrogen and oxygen atoms in total. The SMILES string of the molecule is Cc1ccc2c(c1)c1cc(C)ccc1n2-c1c(C#N)c(-n2c3ccc(C)cc3c3cc(C)ccc32)c(-n2c3ccc(C(C)(C)C)cc3c3cc(C(C)(C)C)ccc32)c(-c2ccccc2)c1-n1c2ccc(C(C)(C)C)cc2c2cc(C(C)(C)C)ccc21. The molecule has 14 rings (SSSR count). The van der Waals surface area contributed by atoms with Crippen molar-refractivity contribution in [2.45, 2.75) is 132 Å². The van der Waals surface area contributed by atoms with Crippen molar-refractivity contribution in [1.29, 1.82) is 5.26 Å². The fourth-order valence-electron chi connectivity index (χ4n) is 13.9. The summed E-state index contributed by atoms with van der Waals surface area (Å²) in [5.41, 5.74) is 23.8. The number of nitriles is 1. The van der Waals surface area contributed by atoms with E-state index in [1.54, 1.807) is 0 Å². The van der Waals surface area contributed by atoms with Crippen molar-refractivity contribution < 1.29 is 0 Å². The average molecular weight is 1120 g/mol. The molecule has 10 aromatic carbocycles. The first-order valence-corrected chi connectivity index (χ1v) is 30.7. The molecule has 0 bridgehead atoms. The zero-order chi connectivity index (χ0) is 60.4. The molecule has 0 spiro atoms. The molecule has 0 aliphatic rings. The summed E-state index contributed by atoms with van der Waals surface area (Å²) in [5, 5.41) is 22.5. The van der Waals surface area contributed by atoms with E-state index in [0.717, 1.165) is 99.6 Å². The van der Waals surface area contributed by atoms with Crippen molar-refractivity contribution in [3.8, 4) is 39.9 Å². The molecule has 4 heterocycles. The molecular formula is C81H77N5. The highest BCUT2D eigenvalue weighted by Crippen LogP contribution is 2.53. The molecule has 0 saturated heterocycles. The van der Waals surface area contributed by atoms with Crippen molar-refractivity contribution in [2.75, 3.05) is 0 Å². The molecule has 0 fully saturated rings. The molecular weight excluding hydrogens is 1040 g/mol. The minimum absolute atomic E-state index is 0.123. The molecule has 5 heteroatoms. The first-order valence-electron chi connectivity index (χ1n) is 30.7. The maximum absolute atomic E-state index is 13.2. The van der Waals surface area contributed by atoms with Gasteiger partial charge in [0.05, 0.1) is 66.9 Å². The van der Waals surface area contributed by atoms with Gasteiger partial charge in [0.15, 0.2) is 0 Å². The molecule has 4 aromatic heterocycles. The zero-order valence-corrected chi connectivity index (χ0v) is 53.0. The summed E-state index contributed by atoms with van der Waals surface area (Å²) in [6.45, 7) is 36.5. The number of rotatable bonds is 5. The van der Waals surface area contributed by atoms with E-state index < -0.39 is 0 Å². The van der Waals surface area contributed by atoms with Gasteiger partial charge in [-0.2, -0.15) is 5.26 Å². The summed E-state index contributed by atoms with van der Waals surface area (Å²) in [6.07, 6.45) is 0. The van der Waals surface area contributed by atoms with Gasteiger partial charge in [-0.1, -0.05) is 184 Å². The van der Waals surface area contributed by atoms with E-state index in [1.807, 2.05) is 0 Å². The Hall–Kier alpha value is -9.11. The molecule has 0 aliphatic heterocycles. The summed E-state index contributed by atoms with van der Waals surface area (Å²) in [5.74, 6) is 0. The van der Waals surface area contributed by atoms with Gasteiger partial charge in [0, 0.05) is 48.7 Å². The topological polar surface area (TPSA) is 43.5 Å². The Bertz CT molecular complexity index is 4680. The van der Waals surface area contributed by atoms with Gasteiger partial charge in [0.1, 0.15) is 11.6 Å². The number of aryl methyl sites for hydroxylation is 4. The smallest absolute Gasteiger partial charge is 0.104 e. The van der Waals surface area contributed by atoms with Crippen molar-refractivity contribution in [2.24, 2.45) is 0 Å². The lowest BCUT2D eigenvalue weighted by molar-refractivity contribution is 0.590. The minimum atomic E-state index is -0.123. The lowest BCUT2D eigenvalue weighted by Gasteiger charge is -2.29. The van der Waals surface area contributed by atoms with Crippen molar-refractivity contribution in [3.05, 3.63) is 226 Å². The predicted molar refractivity (Wildman–Crippen MR) is 368 cm³/mol. The van der Waals surface area contributed by atoms with Crippen molar-refractivity contribution >= 4 is 87.2 Å². The van der Waals surface area contributed by atoms with Crippen LogP contribution in [0.25, 0.3) is 121 Å². The van der Waals surface area contributed by atoms with Gasteiger partial charge in [0.25, 0.3) is 0 Å². The highest BCUT2D eigenvalue weighted by atomic mass is 15.1. The Labute approximate surface area is 506 Å². The van der Waals surface area contributed by atoms with Crippen LogP contribution in [0.1, 0.15) is 133 Å². The number of aromatic nitrogens is 4. The second kappa shape index (κ2) is 18.9. The normalized spacial score (nSPS) is 12.9. The molecule has 0 unspecified atom stereocenters. The Morgan fingerprint density at radius 3 is 0.756 bits per heavy atom. The molecule has 86 heavy (non-hydrogen) atoms. The lowest BCUT2D eigenvalue weighted by atomic mass is 9.85. The first kappa shape index (κ1) is 54.8. The van der Waals surface area contributed by atoms with Crippen LogP contribution in [-0.4, -0.2) is 18.3 Å². The van der Waals surface area contributed by atoms with E-state index >= 15 is 0 Å². The Morgan fingerprint density at radius 2 is 0.512 bits per heavy atom. The molecule has 0 saturated carbocycles. The summed E-state index contributed by atoms with van der Waals surface area (Å²) in [4.78, 5) is 0. The number of fused-ring (bicyclic) bond motifs is 12. The number of nitrogens with zero attached hydrogens (tertiary/aromatic N) is 5. The largest absolute Gasteiger partial charge is 0.306 e. The maximum atomic E-state index is 13.2. The summed E-state index contributed by atoms with van der Waals surface area (Å²) < 4.78 is 10.0. The van der Waals surface area contributed by atoms with Crippen LogP contribution in [0, 0.1) is 39.0 Å². The van der Waals surface area contributed by atoms with Gasteiger partial charge < -0.3 is 18.3 Å². The standard InChI is InChI=1S/C81H77N5/c1-47-22-30-65-56(38-47)57-39-48(2)23-31-66(57)83(65)74-64(46-82)75(84-67-32-24-49(3)40-58(67)59-41-50(4)25-33-68(59)84)77(86-71-36-28-54(80(11,12)13)44-62(71)63-45-55(81(14,15)16)29-37-72(63)86)73(51-20-18-17-19-21-51)76(74)85-69-34-26-52(78(5,6)7)42-60(69)61-43-53(79(8,9)10)27-35-70(61)85/h17-45H,1-16H3. The molecule has 426 valence electrons. The van der Waals surface area contributed by atoms with E-state index in [-0.39, 0.29) is 21.7 Å². The second-order valence-electron chi connectivity index (χ2n) is 29.0. The van der Waals surface area contributed by atoms with Crippen LogP contribution in [0.4, 0.5) is 0 Å². The van der Waals surface area contributed by atoms with E-state index in [9.17, 15) is 5.26 Å². The number of hydrogen-bond donors (Lipinski definition) is 0. The van der Waals surface area contributed by atoms with Gasteiger partial charge in [-0.05, 0) is 174 Å². The van der Waals surface area contributed by atoms with E-state index in [0.29, 0.717) is 5.56 Å². The number of benzene rings is 10. The van der Waals surface area contributed by atoms with Gasteiger partial charge in [-0.3, -0.25) is 0 Å². The third-order valence-electron chi connectivity index (χ3n) is 18.6. The van der Waals surface area contributed by atoms with Crippen LogP contribution < -0.4 is 0 Å². The molecule has 0 radical (unpaired) electrons. The van der Waals surface area contributed by atoms with Gasteiger partial charge in [0.2, 0.25) is 0 Å². The quantitative estimate of drug-likeness (QED) is 0.169. The third kappa shape index (κ3) is 8.38. The highest BCUT2D eigenvalue weighted by Gasteiger charge is 2.36. The summed E-state index contributed by atoms with van der Waals surface area (Å²) in [6, 6.07) is 70.3. The van der Waals surface area contributed by atoms with Gasteiger partial charge in [-0.25, -0.2) is 0 Å². The van der Waals surface area contributed by atoms with E-state index in [1.165, 1.54) is 66.1 Å².